The van der Waals surface area contributed by atoms with Crippen LogP contribution in [0.5, 0.6) is 0 Å². The van der Waals surface area contributed by atoms with Crippen molar-refractivity contribution in [2.75, 3.05) is 5.32 Å². The van der Waals surface area contributed by atoms with Crippen molar-refractivity contribution in [3.63, 3.8) is 0 Å². The quantitative estimate of drug-likeness (QED) is 0.554. The highest BCUT2D eigenvalue weighted by Gasteiger charge is 2.28. The predicted octanol–water partition coefficient (Wildman–Crippen LogP) is 3.38. The smallest absolute Gasteiger partial charge is 0.407 e. The van der Waals surface area contributed by atoms with Gasteiger partial charge in [-0.05, 0) is 30.5 Å². The van der Waals surface area contributed by atoms with Crippen LogP contribution in [0.15, 0.2) is 41.6 Å². The number of alkyl carbamates (subject to hydrolysis) is 1. The van der Waals surface area contributed by atoms with E-state index >= 15 is 0 Å². The van der Waals surface area contributed by atoms with Crippen LogP contribution < -0.4 is 10.6 Å². The van der Waals surface area contributed by atoms with Gasteiger partial charge in [-0.3, -0.25) is 4.79 Å². The molecule has 0 fully saturated rings. The maximum absolute atomic E-state index is 12.3. The molecule has 0 aromatic carbocycles. The van der Waals surface area contributed by atoms with Gasteiger partial charge < -0.3 is 24.4 Å². The third-order valence-electron chi connectivity index (χ3n) is 4.98. The summed E-state index contributed by atoms with van der Waals surface area (Å²) in [6.45, 7) is 0.289. The van der Waals surface area contributed by atoms with Gasteiger partial charge in [-0.1, -0.05) is 0 Å². The van der Waals surface area contributed by atoms with Crippen LogP contribution in [0, 0.1) is 11.3 Å². The number of nitriles is 1. The summed E-state index contributed by atoms with van der Waals surface area (Å²) in [4.78, 5) is 29.5. The van der Waals surface area contributed by atoms with Crippen molar-refractivity contribution in [1.29, 1.82) is 5.26 Å². The highest BCUT2D eigenvalue weighted by Crippen LogP contribution is 2.38. The van der Waals surface area contributed by atoms with Gasteiger partial charge >= 0.3 is 6.09 Å². The highest BCUT2D eigenvalue weighted by atomic mass is 32.1. The standard InChI is InChI=1S/C22H21N5O4S/c1-27-11-15(25-13-27)10-24-22(29)31-16-3-4-17-18(9-23)21(32-19(17)8-16)26-20(28)5-2-14-6-7-30-12-14/h2,5-7,11-13,16H,3-4,8,10H2,1H3,(H,24,29)(H,26,28)/b5-2+. The number of amides is 2. The Kier molecular flexibility index (Phi) is 6.37. The number of nitrogens with one attached hydrogen (secondary N) is 2. The summed E-state index contributed by atoms with van der Waals surface area (Å²) < 4.78 is 12.3. The molecule has 0 radical (unpaired) electrons. The number of nitrogens with zero attached hydrogens (tertiary/aromatic N) is 3. The molecule has 0 saturated carbocycles. The average molecular weight is 452 g/mol. The van der Waals surface area contributed by atoms with Gasteiger partial charge in [0.25, 0.3) is 0 Å². The minimum absolute atomic E-state index is 0.289. The molecule has 32 heavy (non-hydrogen) atoms. The van der Waals surface area contributed by atoms with E-state index in [1.807, 2.05) is 13.2 Å². The van der Waals surface area contributed by atoms with Gasteiger partial charge in [0.1, 0.15) is 17.2 Å². The zero-order valence-electron chi connectivity index (χ0n) is 17.3. The summed E-state index contributed by atoms with van der Waals surface area (Å²) in [5.41, 5.74) is 2.91. The molecule has 2 N–H and O–H groups in total. The fourth-order valence-electron chi connectivity index (χ4n) is 3.47. The van der Waals surface area contributed by atoms with Gasteiger partial charge in [0.05, 0.1) is 36.7 Å². The number of rotatable bonds is 6. The summed E-state index contributed by atoms with van der Waals surface area (Å²) in [6, 6.07) is 3.94. The number of anilines is 1. The summed E-state index contributed by atoms with van der Waals surface area (Å²) in [5.74, 6) is -0.331. The van der Waals surface area contributed by atoms with Gasteiger partial charge in [0.2, 0.25) is 5.91 Å². The number of aromatic nitrogens is 2. The van der Waals surface area contributed by atoms with Gasteiger partial charge in [0.15, 0.2) is 0 Å². The van der Waals surface area contributed by atoms with Crippen LogP contribution in [0.3, 0.4) is 0 Å². The van der Waals surface area contributed by atoms with Crippen LogP contribution >= 0.6 is 11.3 Å². The van der Waals surface area contributed by atoms with E-state index in [0.29, 0.717) is 29.8 Å². The molecule has 0 bridgehead atoms. The van der Waals surface area contributed by atoms with Crippen molar-refractivity contribution in [3.8, 4) is 6.07 Å². The Morgan fingerprint density at radius 3 is 3.09 bits per heavy atom. The molecule has 3 aromatic rings. The molecule has 164 valence electrons. The van der Waals surface area contributed by atoms with Crippen LogP contribution in [-0.4, -0.2) is 27.7 Å². The zero-order chi connectivity index (χ0) is 22.5. The van der Waals surface area contributed by atoms with Crippen molar-refractivity contribution < 1.29 is 18.7 Å². The lowest BCUT2D eigenvalue weighted by Gasteiger charge is -2.22. The number of fused-ring (bicyclic) bond motifs is 1. The van der Waals surface area contributed by atoms with E-state index in [2.05, 4.69) is 21.7 Å². The molecule has 4 rings (SSSR count). The van der Waals surface area contributed by atoms with Gasteiger partial charge in [-0.15, -0.1) is 11.3 Å². The van der Waals surface area contributed by atoms with Crippen molar-refractivity contribution in [3.05, 3.63) is 64.5 Å². The number of aryl methyl sites for hydroxylation is 1. The lowest BCUT2D eigenvalue weighted by atomic mass is 9.94. The summed E-state index contributed by atoms with van der Waals surface area (Å²) in [7, 11) is 1.86. The number of hydrogen-bond donors (Lipinski definition) is 2. The Balaban J connectivity index is 1.35. The third kappa shape index (κ3) is 5.07. The molecule has 3 heterocycles. The number of furan rings is 1. The monoisotopic (exact) mass is 451 g/mol. The highest BCUT2D eigenvalue weighted by molar-refractivity contribution is 7.16. The van der Waals surface area contributed by atoms with E-state index in [-0.39, 0.29) is 18.6 Å². The molecule has 2 amide bonds. The van der Waals surface area contributed by atoms with Gasteiger partial charge in [-0.2, -0.15) is 5.26 Å². The van der Waals surface area contributed by atoms with E-state index in [1.165, 1.54) is 29.9 Å². The SMILES string of the molecule is Cn1cnc(CNC(=O)OC2CCc3c(sc(NC(=O)/C=C/c4ccoc4)c3C#N)C2)c1. The molecule has 3 aromatic heterocycles. The second-order valence-corrected chi connectivity index (χ2v) is 8.46. The number of carbonyl (C=O) groups excluding carboxylic acids is 2. The molecule has 1 aliphatic rings. The zero-order valence-corrected chi connectivity index (χ0v) is 18.1. The Hall–Kier alpha value is -3.84. The topological polar surface area (TPSA) is 122 Å². The molecule has 1 unspecified atom stereocenters. The number of imidazole rings is 1. The average Bonchev–Trinajstić information content (AvgIpc) is 3.50. The summed E-state index contributed by atoms with van der Waals surface area (Å²) in [5, 5.41) is 15.6. The van der Waals surface area contributed by atoms with Crippen LogP contribution in [0.2, 0.25) is 0 Å². The number of ether oxygens (including phenoxy) is 1. The van der Waals surface area contributed by atoms with Crippen LogP contribution in [0.25, 0.3) is 6.08 Å². The first kappa shape index (κ1) is 21.4. The normalized spacial score (nSPS) is 15.2. The van der Waals surface area contributed by atoms with Crippen molar-refractivity contribution >= 4 is 34.4 Å². The van der Waals surface area contributed by atoms with Crippen LogP contribution in [0.1, 0.15) is 33.7 Å². The van der Waals surface area contributed by atoms with E-state index in [0.717, 1.165) is 21.7 Å². The second kappa shape index (κ2) is 9.53. The fraction of sp³-hybridized carbons (Fsp3) is 0.273. The first-order chi connectivity index (χ1) is 15.5. The molecule has 10 heteroatoms. The Morgan fingerprint density at radius 1 is 1.50 bits per heavy atom. The lowest BCUT2D eigenvalue weighted by Crippen LogP contribution is -2.31. The van der Waals surface area contributed by atoms with E-state index in [1.54, 1.807) is 23.0 Å². The number of thiophene rings is 1. The first-order valence-corrected chi connectivity index (χ1v) is 10.8. The molecule has 0 aliphatic heterocycles. The fourth-order valence-corrected chi connectivity index (χ4v) is 4.74. The number of carbonyl (C=O) groups is 2. The van der Waals surface area contributed by atoms with Gasteiger partial charge in [0, 0.05) is 36.2 Å². The van der Waals surface area contributed by atoms with E-state index < -0.39 is 6.09 Å². The van der Waals surface area contributed by atoms with E-state index in [9.17, 15) is 14.9 Å². The minimum Gasteiger partial charge on any atom is -0.472 e. The maximum atomic E-state index is 12.3. The van der Waals surface area contributed by atoms with Crippen LogP contribution in [-0.2, 0) is 36.0 Å². The van der Waals surface area contributed by atoms with Crippen molar-refractivity contribution in [1.82, 2.24) is 14.9 Å². The Morgan fingerprint density at radius 2 is 2.38 bits per heavy atom. The molecular weight excluding hydrogens is 430 g/mol. The second-order valence-electron chi connectivity index (χ2n) is 7.35. The number of hydrogen-bond acceptors (Lipinski definition) is 7. The van der Waals surface area contributed by atoms with Gasteiger partial charge in [-0.25, -0.2) is 9.78 Å². The molecule has 0 saturated heterocycles. The summed E-state index contributed by atoms with van der Waals surface area (Å²) in [6.07, 6.45) is 10.5. The largest absolute Gasteiger partial charge is 0.472 e. The van der Waals surface area contributed by atoms with Crippen LogP contribution in [0.4, 0.5) is 9.80 Å². The molecule has 1 atom stereocenters. The lowest BCUT2D eigenvalue weighted by molar-refractivity contribution is -0.111. The van der Waals surface area contributed by atoms with Crippen molar-refractivity contribution in [2.24, 2.45) is 7.05 Å². The third-order valence-corrected chi connectivity index (χ3v) is 6.15. The molecular formula is C22H21N5O4S. The first-order valence-electron chi connectivity index (χ1n) is 9.99. The summed E-state index contributed by atoms with van der Waals surface area (Å²) >= 11 is 1.35. The molecule has 9 nitrogen and oxygen atoms in total. The Labute approximate surface area is 188 Å². The maximum Gasteiger partial charge on any atom is 0.407 e. The van der Waals surface area contributed by atoms with Crippen molar-refractivity contribution in [2.45, 2.75) is 31.9 Å². The molecule has 0 spiro atoms. The predicted molar refractivity (Wildman–Crippen MR) is 118 cm³/mol. The molecule has 1 aliphatic carbocycles. The minimum atomic E-state index is -0.501. The Bertz CT molecular complexity index is 1190. The van der Waals surface area contributed by atoms with E-state index in [4.69, 9.17) is 9.15 Å².